The number of nitrogens with zero attached hydrogens (tertiary/aromatic N) is 2. The number of amides is 1. The molecule has 1 amide bonds. The first kappa shape index (κ1) is 16.1. The number of aliphatic imine (C=N–C) groups is 1. The van der Waals surface area contributed by atoms with Crippen molar-refractivity contribution in [2.75, 3.05) is 10.5 Å². The van der Waals surface area contributed by atoms with E-state index in [-0.39, 0.29) is 11.4 Å². The van der Waals surface area contributed by atoms with E-state index in [0.717, 1.165) is 16.6 Å². The Balaban J connectivity index is 1.79. The number of aromatic nitrogens is 1. The Hall–Kier alpha value is -2.74. The topological polar surface area (TPSA) is 97.6 Å². The van der Waals surface area contributed by atoms with Gasteiger partial charge in [0.25, 0.3) is 0 Å². The molecule has 0 atom stereocenters. The second-order valence-electron chi connectivity index (χ2n) is 5.35. The highest BCUT2D eigenvalue weighted by atomic mass is 32.2. The molecule has 1 aliphatic rings. The first-order chi connectivity index (χ1) is 11.4. The van der Waals surface area contributed by atoms with Gasteiger partial charge in [0.15, 0.2) is 0 Å². The van der Waals surface area contributed by atoms with E-state index >= 15 is 0 Å². The molecule has 2 heterocycles. The number of carbonyl (C=O) groups is 2. The predicted molar refractivity (Wildman–Crippen MR) is 90.2 cm³/mol. The molecule has 0 radical (unpaired) electrons. The number of carbonyl (C=O) groups excluding carboxylic acids is 2. The van der Waals surface area contributed by atoms with Crippen molar-refractivity contribution in [3.05, 3.63) is 53.9 Å². The van der Waals surface area contributed by atoms with Crippen molar-refractivity contribution >= 4 is 33.2 Å². The van der Waals surface area contributed by atoms with Gasteiger partial charge in [-0.1, -0.05) is 19.1 Å². The van der Waals surface area contributed by atoms with Crippen molar-refractivity contribution in [3.63, 3.8) is 0 Å². The van der Waals surface area contributed by atoms with Crippen LogP contribution in [0.15, 0.2) is 47.6 Å². The number of ketones is 1. The normalized spacial score (nSPS) is 14.3. The highest BCUT2D eigenvalue weighted by molar-refractivity contribution is 7.93. The SMILES string of the molecule is CCc1ccc(NS(=O)(=O)CC2=NC(=O)n3cccc3C2=O)cc1. The number of anilines is 1. The molecule has 1 N–H and O–H groups in total. The monoisotopic (exact) mass is 345 g/mol. The highest BCUT2D eigenvalue weighted by Gasteiger charge is 2.29. The first-order valence-corrected chi connectivity index (χ1v) is 8.98. The fraction of sp³-hybridized carbons (Fsp3) is 0.188. The molecule has 124 valence electrons. The lowest BCUT2D eigenvalue weighted by Crippen LogP contribution is -2.34. The van der Waals surface area contributed by atoms with Gasteiger partial charge in [0.2, 0.25) is 15.8 Å². The van der Waals surface area contributed by atoms with Gasteiger partial charge in [-0.05, 0) is 36.2 Å². The number of rotatable bonds is 5. The molecule has 7 nitrogen and oxygen atoms in total. The van der Waals surface area contributed by atoms with Crippen LogP contribution in [-0.4, -0.2) is 36.3 Å². The Morgan fingerprint density at radius 2 is 1.83 bits per heavy atom. The summed E-state index contributed by atoms with van der Waals surface area (Å²) >= 11 is 0. The average Bonchev–Trinajstić information content (AvgIpc) is 3.03. The largest absolute Gasteiger partial charge is 0.352 e. The summed E-state index contributed by atoms with van der Waals surface area (Å²) < 4.78 is 28.0. The minimum Gasteiger partial charge on any atom is -0.285 e. The Labute approximate surface area is 139 Å². The van der Waals surface area contributed by atoms with Crippen molar-refractivity contribution in [1.29, 1.82) is 0 Å². The summed E-state index contributed by atoms with van der Waals surface area (Å²) in [5.74, 6) is -1.22. The molecule has 0 saturated carbocycles. The number of hydrogen-bond acceptors (Lipinski definition) is 4. The van der Waals surface area contributed by atoms with Crippen LogP contribution in [0.25, 0.3) is 0 Å². The van der Waals surface area contributed by atoms with Gasteiger partial charge >= 0.3 is 6.03 Å². The van der Waals surface area contributed by atoms with Gasteiger partial charge in [-0.2, -0.15) is 4.99 Å². The molecule has 0 aliphatic carbocycles. The van der Waals surface area contributed by atoms with Crippen molar-refractivity contribution < 1.29 is 18.0 Å². The van der Waals surface area contributed by atoms with Gasteiger partial charge in [-0.25, -0.2) is 13.2 Å². The van der Waals surface area contributed by atoms with E-state index in [4.69, 9.17) is 0 Å². The number of sulfonamides is 1. The van der Waals surface area contributed by atoms with Crippen LogP contribution in [0, 0.1) is 0 Å². The van der Waals surface area contributed by atoms with Crippen molar-refractivity contribution in [2.45, 2.75) is 13.3 Å². The molecule has 0 fully saturated rings. The summed E-state index contributed by atoms with van der Waals surface area (Å²) in [6, 6.07) is 9.25. The van der Waals surface area contributed by atoms with Crippen LogP contribution in [0.2, 0.25) is 0 Å². The lowest BCUT2D eigenvalue weighted by atomic mass is 10.2. The van der Waals surface area contributed by atoms with Crippen molar-refractivity contribution in [3.8, 4) is 0 Å². The van der Waals surface area contributed by atoms with Crippen LogP contribution >= 0.6 is 0 Å². The molecule has 0 unspecified atom stereocenters. The summed E-state index contributed by atoms with van der Waals surface area (Å²) in [6.07, 6.45) is 2.26. The van der Waals surface area contributed by atoms with Crippen LogP contribution in [-0.2, 0) is 16.4 Å². The fourth-order valence-corrected chi connectivity index (χ4v) is 3.53. The average molecular weight is 345 g/mol. The molecule has 1 aromatic heterocycles. The quantitative estimate of drug-likeness (QED) is 0.897. The third kappa shape index (κ3) is 3.13. The maximum atomic E-state index is 12.3. The van der Waals surface area contributed by atoms with E-state index < -0.39 is 27.6 Å². The number of fused-ring (bicyclic) bond motifs is 1. The standard InChI is InChI=1S/C16H15N3O4S/c1-2-11-5-7-12(8-6-11)18-24(22,23)10-13-15(20)14-4-3-9-19(14)16(21)17-13/h3-9,18H,2,10H2,1H3. The molecular weight excluding hydrogens is 330 g/mol. The number of benzene rings is 1. The second kappa shape index (κ2) is 6.04. The van der Waals surface area contributed by atoms with Crippen molar-refractivity contribution in [2.24, 2.45) is 4.99 Å². The number of nitrogens with one attached hydrogen (secondary N) is 1. The Bertz CT molecular complexity index is 940. The zero-order valence-electron chi connectivity index (χ0n) is 12.9. The second-order valence-corrected chi connectivity index (χ2v) is 7.07. The zero-order chi connectivity index (χ0) is 17.3. The summed E-state index contributed by atoms with van der Waals surface area (Å²) in [4.78, 5) is 27.7. The fourth-order valence-electron chi connectivity index (χ4n) is 2.40. The molecule has 1 aliphatic heterocycles. The maximum Gasteiger partial charge on any atom is 0.352 e. The molecule has 24 heavy (non-hydrogen) atoms. The number of aryl methyl sites for hydroxylation is 1. The van der Waals surface area contributed by atoms with Gasteiger partial charge in [-0.15, -0.1) is 0 Å². The van der Waals surface area contributed by atoms with E-state index in [1.807, 2.05) is 19.1 Å². The molecular formula is C16H15N3O4S. The molecule has 1 aromatic carbocycles. The summed E-state index contributed by atoms with van der Waals surface area (Å²) in [7, 11) is -3.86. The van der Waals surface area contributed by atoms with Crippen LogP contribution in [0.1, 0.15) is 23.0 Å². The van der Waals surface area contributed by atoms with Crippen LogP contribution < -0.4 is 4.72 Å². The lowest BCUT2D eigenvalue weighted by molar-refractivity contribution is 0.105. The first-order valence-electron chi connectivity index (χ1n) is 7.33. The Morgan fingerprint density at radius 3 is 2.50 bits per heavy atom. The van der Waals surface area contributed by atoms with E-state index in [0.29, 0.717) is 5.69 Å². The van der Waals surface area contributed by atoms with Gasteiger partial charge in [0, 0.05) is 11.9 Å². The summed E-state index contributed by atoms with van der Waals surface area (Å²) in [5, 5.41) is 0. The van der Waals surface area contributed by atoms with Gasteiger partial charge in [0.1, 0.15) is 11.5 Å². The third-order valence-corrected chi connectivity index (χ3v) is 4.84. The van der Waals surface area contributed by atoms with Gasteiger partial charge < -0.3 is 0 Å². The highest BCUT2D eigenvalue weighted by Crippen LogP contribution is 2.15. The van der Waals surface area contributed by atoms with Gasteiger partial charge in [0.05, 0.1) is 5.69 Å². The summed E-state index contributed by atoms with van der Waals surface area (Å²) in [5.41, 5.74) is 1.30. The van der Waals surface area contributed by atoms with Crippen LogP contribution in [0.3, 0.4) is 0 Å². The molecule has 3 rings (SSSR count). The molecule has 0 bridgehead atoms. The molecule has 0 spiro atoms. The molecule has 8 heteroatoms. The Morgan fingerprint density at radius 1 is 1.12 bits per heavy atom. The lowest BCUT2D eigenvalue weighted by Gasteiger charge is -2.14. The van der Waals surface area contributed by atoms with Gasteiger partial charge in [-0.3, -0.25) is 14.1 Å². The number of hydrogen-bond donors (Lipinski definition) is 1. The minimum absolute atomic E-state index is 0.118. The third-order valence-electron chi connectivity index (χ3n) is 3.64. The maximum absolute atomic E-state index is 12.3. The van der Waals surface area contributed by atoms with E-state index in [2.05, 4.69) is 9.71 Å². The van der Waals surface area contributed by atoms with E-state index in [1.54, 1.807) is 12.1 Å². The van der Waals surface area contributed by atoms with E-state index in [9.17, 15) is 18.0 Å². The predicted octanol–water partition coefficient (Wildman–Crippen LogP) is 2.10. The Kier molecular flexibility index (Phi) is 4.06. The van der Waals surface area contributed by atoms with E-state index in [1.165, 1.54) is 18.3 Å². The minimum atomic E-state index is -3.86. The molecule has 0 saturated heterocycles. The van der Waals surface area contributed by atoms with Crippen LogP contribution in [0.5, 0.6) is 0 Å². The smallest absolute Gasteiger partial charge is 0.285 e. The van der Waals surface area contributed by atoms with Crippen LogP contribution in [0.4, 0.5) is 10.5 Å². The zero-order valence-corrected chi connectivity index (χ0v) is 13.7. The number of Topliss-reactive ketones (excluding diaryl/α,β-unsaturated/α-hetero) is 1. The molecule has 2 aromatic rings. The summed E-state index contributed by atoms with van der Waals surface area (Å²) in [6.45, 7) is 2.00. The van der Waals surface area contributed by atoms with Crippen molar-refractivity contribution in [1.82, 2.24) is 4.57 Å².